The first-order valence-electron chi connectivity index (χ1n) is 5.31. The highest BCUT2D eigenvalue weighted by atomic mass is 35.5. The highest BCUT2D eigenvalue weighted by molar-refractivity contribution is 6.71. The standard InChI is InChI=1S/C11H22ClNOSi/c1-11(2,3)9-15(4,5)14-10(8-12)6-7-13/h10H,6,8-9H2,1-5H3. The van der Waals surface area contributed by atoms with Gasteiger partial charge in [-0.1, -0.05) is 20.8 Å². The molecule has 2 nitrogen and oxygen atoms in total. The summed E-state index contributed by atoms with van der Waals surface area (Å²) in [7, 11) is -1.70. The van der Waals surface area contributed by atoms with Crippen molar-refractivity contribution in [2.45, 2.75) is 52.4 Å². The fourth-order valence-corrected chi connectivity index (χ4v) is 5.98. The number of halogens is 1. The summed E-state index contributed by atoms with van der Waals surface area (Å²) >= 11 is 5.77. The van der Waals surface area contributed by atoms with Gasteiger partial charge < -0.3 is 4.43 Å². The van der Waals surface area contributed by atoms with E-state index in [1.165, 1.54) is 0 Å². The molecule has 0 aliphatic carbocycles. The van der Waals surface area contributed by atoms with Crippen LogP contribution in [0.15, 0.2) is 0 Å². The minimum absolute atomic E-state index is 0.0966. The van der Waals surface area contributed by atoms with E-state index < -0.39 is 8.32 Å². The van der Waals surface area contributed by atoms with Crippen molar-refractivity contribution in [1.82, 2.24) is 0 Å². The van der Waals surface area contributed by atoms with Crippen LogP contribution in [0.2, 0.25) is 19.1 Å². The molecule has 0 aromatic heterocycles. The molecular formula is C11H22ClNOSi. The summed E-state index contributed by atoms with van der Waals surface area (Å²) in [6.07, 6.45) is 0.296. The Bertz CT molecular complexity index is 230. The number of nitriles is 1. The lowest BCUT2D eigenvalue weighted by atomic mass is 10.0. The lowest BCUT2D eigenvalue weighted by Crippen LogP contribution is -2.39. The van der Waals surface area contributed by atoms with E-state index >= 15 is 0 Å². The largest absolute Gasteiger partial charge is 0.412 e. The molecule has 0 heterocycles. The van der Waals surface area contributed by atoms with E-state index in [0.717, 1.165) is 6.04 Å². The first-order valence-corrected chi connectivity index (χ1v) is 8.96. The van der Waals surface area contributed by atoms with Crippen LogP contribution in [0.3, 0.4) is 0 Å². The van der Waals surface area contributed by atoms with Crippen LogP contribution in [-0.2, 0) is 4.43 Å². The number of hydrogen-bond donors (Lipinski definition) is 0. The van der Waals surface area contributed by atoms with Gasteiger partial charge in [-0.25, -0.2) is 0 Å². The Balaban J connectivity index is 4.29. The van der Waals surface area contributed by atoms with Crippen molar-refractivity contribution in [2.24, 2.45) is 5.41 Å². The summed E-state index contributed by atoms with van der Waals surface area (Å²) in [5.74, 6) is 0.411. The molecule has 15 heavy (non-hydrogen) atoms. The van der Waals surface area contributed by atoms with E-state index in [1.807, 2.05) is 0 Å². The van der Waals surface area contributed by atoms with Gasteiger partial charge in [0, 0.05) is 5.88 Å². The maximum absolute atomic E-state index is 8.62. The van der Waals surface area contributed by atoms with Crippen molar-refractivity contribution in [2.75, 3.05) is 5.88 Å². The molecule has 0 aromatic carbocycles. The summed E-state index contributed by atoms with van der Waals surface area (Å²) in [4.78, 5) is 0. The maximum atomic E-state index is 8.62. The third-order valence-corrected chi connectivity index (χ3v) is 5.16. The van der Waals surface area contributed by atoms with Gasteiger partial charge in [0.25, 0.3) is 0 Å². The van der Waals surface area contributed by atoms with Crippen LogP contribution in [0, 0.1) is 16.7 Å². The Morgan fingerprint density at radius 2 is 1.93 bits per heavy atom. The molecule has 4 heteroatoms. The smallest absolute Gasteiger partial charge is 0.187 e. The van der Waals surface area contributed by atoms with Gasteiger partial charge in [0.15, 0.2) is 8.32 Å². The monoisotopic (exact) mass is 247 g/mol. The number of alkyl halides is 1. The molecule has 0 aromatic rings. The second kappa shape index (κ2) is 5.88. The first kappa shape index (κ1) is 15.0. The van der Waals surface area contributed by atoms with Crippen LogP contribution in [0.4, 0.5) is 0 Å². The Kier molecular flexibility index (Phi) is 5.87. The molecule has 0 rings (SSSR count). The van der Waals surface area contributed by atoms with E-state index in [1.54, 1.807) is 0 Å². The second-order valence-electron chi connectivity index (χ2n) is 5.75. The average Bonchev–Trinajstić information content (AvgIpc) is 1.98. The summed E-state index contributed by atoms with van der Waals surface area (Å²) in [5.41, 5.74) is 0.277. The minimum atomic E-state index is -1.70. The third kappa shape index (κ3) is 7.84. The molecule has 0 saturated heterocycles. The van der Waals surface area contributed by atoms with E-state index in [-0.39, 0.29) is 11.5 Å². The van der Waals surface area contributed by atoms with Crippen LogP contribution in [0.1, 0.15) is 27.2 Å². The van der Waals surface area contributed by atoms with E-state index in [4.69, 9.17) is 21.3 Å². The lowest BCUT2D eigenvalue weighted by molar-refractivity contribution is 0.212. The van der Waals surface area contributed by atoms with E-state index in [2.05, 4.69) is 39.9 Å². The average molecular weight is 248 g/mol. The molecule has 1 atom stereocenters. The summed E-state index contributed by atoms with van der Waals surface area (Å²) in [6.45, 7) is 11.0. The SMILES string of the molecule is CC(C)(C)C[Si](C)(C)OC(CCl)CC#N. The molecule has 0 amide bonds. The van der Waals surface area contributed by atoms with Gasteiger partial charge in [-0.3, -0.25) is 0 Å². The molecule has 0 fully saturated rings. The Labute approximate surface area is 99.7 Å². The number of hydrogen-bond acceptors (Lipinski definition) is 2. The summed E-state index contributed by atoms with van der Waals surface area (Å²) in [5, 5.41) is 8.62. The van der Waals surface area contributed by atoms with Crippen molar-refractivity contribution >= 4 is 19.9 Å². The molecule has 0 saturated carbocycles. The van der Waals surface area contributed by atoms with Crippen LogP contribution >= 0.6 is 11.6 Å². The van der Waals surface area contributed by atoms with Crippen LogP contribution in [0.25, 0.3) is 0 Å². The van der Waals surface area contributed by atoms with E-state index in [9.17, 15) is 0 Å². The number of rotatable bonds is 5. The summed E-state index contributed by atoms with van der Waals surface area (Å²) < 4.78 is 5.99. The first-order chi connectivity index (χ1) is 6.70. The topological polar surface area (TPSA) is 33.0 Å². The lowest BCUT2D eigenvalue weighted by Gasteiger charge is -2.33. The molecule has 88 valence electrons. The quantitative estimate of drug-likeness (QED) is 0.547. The second-order valence-corrected chi connectivity index (χ2v) is 10.2. The Morgan fingerprint density at radius 1 is 1.40 bits per heavy atom. The van der Waals surface area contributed by atoms with Crippen LogP contribution in [0.5, 0.6) is 0 Å². The summed E-state index contributed by atoms with van der Waals surface area (Å²) in [6, 6.07) is 3.20. The fraction of sp³-hybridized carbons (Fsp3) is 0.909. The van der Waals surface area contributed by atoms with Crippen molar-refractivity contribution in [3.05, 3.63) is 0 Å². The number of nitrogens with zero attached hydrogens (tertiary/aromatic N) is 1. The van der Waals surface area contributed by atoms with Crippen molar-refractivity contribution in [1.29, 1.82) is 5.26 Å². The molecule has 1 unspecified atom stereocenters. The Hall–Kier alpha value is -0.0431. The molecule has 0 aliphatic heterocycles. The maximum Gasteiger partial charge on any atom is 0.187 e. The van der Waals surface area contributed by atoms with Crippen LogP contribution in [-0.4, -0.2) is 20.3 Å². The minimum Gasteiger partial charge on any atom is -0.412 e. The highest BCUT2D eigenvalue weighted by Crippen LogP contribution is 2.29. The third-order valence-electron chi connectivity index (χ3n) is 1.93. The predicted octanol–water partition coefficient (Wildman–Crippen LogP) is 3.78. The van der Waals surface area contributed by atoms with E-state index in [0.29, 0.717) is 12.3 Å². The molecule has 0 bridgehead atoms. The molecular weight excluding hydrogens is 226 g/mol. The van der Waals surface area contributed by atoms with Crippen molar-refractivity contribution in [3.63, 3.8) is 0 Å². The van der Waals surface area contributed by atoms with Gasteiger partial charge in [-0.15, -0.1) is 11.6 Å². The molecule has 0 aliphatic rings. The molecule has 0 spiro atoms. The van der Waals surface area contributed by atoms with Gasteiger partial charge in [-0.05, 0) is 24.6 Å². The predicted molar refractivity (Wildman–Crippen MR) is 67.6 cm³/mol. The molecule has 0 radical (unpaired) electrons. The van der Waals surface area contributed by atoms with Gasteiger partial charge in [0.05, 0.1) is 18.6 Å². The van der Waals surface area contributed by atoms with Gasteiger partial charge >= 0.3 is 0 Å². The fourth-order valence-electron chi connectivity index (χ4n) is 2.00. The van der Waals surface area contributed by atoms with Crippen molar-refractivity contribution < 1.29 is 4.43 Å². The zero-order valence-electron chi connectivity index (χ0n) is 10.4. The highest BCUT2D eigenvalue weighted by Gasteiger charge is 2.31. The zero-order valence-corrected chi connectivity index (χ0v) is 12.2. The Morgan fingerprint density at radius 3 is 2.27 bits per heavy atom. The van der Waals surface area contributed by atoms with Gasteiger partial charge in [-0.2, -0.15) is 5.26 Å². The molecule has 0 N–H and O–H groups in total. The van der Waals surface area contributed by atoms with Crippen molar-refractivity contribution in [3.8, 4) is 6.07 Å². The van der Waals surface area contributed by atoms with Crippen LogP contribution < -0.4 is 0 Å². The zero-order chi connectivity index (χ0) is 12.1. The normalized spacial score (nSPS) is 14.7. The van der Waals surface area contributed by atoms with Gasteiger partial charge in [0.2, 0.25) is 0 Å². The van der Waals surface area contributed by atoms with Gasteiger partial charge in [0.1, 0.15) is 0 Å².